The van der Waals surface area contributed by atoms with Gasteiger partial charge in [-0.3, -0.25) is 9.69 Å². The van der Waals surface area contributed by atoms with Gasteiger partial charge in [0.2, 0.25) is 21.1 Å². The van der Waals surface area contributed by atoms with Crippen LogP contribution in [0.3, 0.4) is 0 Å². The zero-order valence-corrected chi connectivity index (χ0v) is 12.4. The van der Waals surface area contributed by atoms with Crippen LogP contribution >= 0.6 is 11.3 Å². The molecule has 0 bridgehead atoms. The van der Waals surface area contributed by atoms with Gasteiger partial charge in [-0.1, -0.05) is 11.3 Å². The van der Waals surface area contributed by atoms with Crippen LogP contribution in [0.15, 0.2) is 22.8 Å². The smallest absolute Gasteiger partial charge is 0.229 e. The van der Waals surface area contributed by atoms with E-state index in [9.17, 15) is 13.2 Å². The topological polar surface area (TPSA) is 119 Å². The molecule has 112 valence electrons. The predicted molar refractivity (Wildman–Crippen MR) is 76.0 cm³/mol. The van der Waals surface area contributed by atoms with Gasteiger partial charge in [-0.25, -0.2) is 13.6 Å². The van der Waals surface area contributed by atoms with Gasteiger partial charge in [-0.2, -0.15) is 0 Å². The number of nitrogens with two attached hydrogens (primary N) is 1. The van der Waals surface area contributed by atoms with Gasteiger partial charge in [-0.15, -0.1) is 10.2 Å². The first-order valence-corrected chi connectivity index (χ1v) is 8.64. The quantitative estimate of drug-likeness (QED) is 0.869. The largest absolute Gasteiger partial charge is 0.462 e. The Morgan fingerprint density at radius 3 is 2.95 bits per heavy atom. The molecule has 1 atom stereocenters. The monoisotopic (exact) mass is 328 g/mol. The highest BCUT2D eigenvalue weighted by Gasteiger charge is 2.34. The minimum absolute atomic E-state index is 0.145. The molecule has 10 heteroatoms. The first kappa shape index (κ1) is 14.2. The fraction of sp³-hybridized carbons (Fsp3) is 0.364. The van der Waals surface area contributed by atoms with Crippen molar-refractivity contribution in [3.8, 4) is 10.8 Å². The van der Waals surface area contributed by atoms with Gasteiger partial charge in [-0.05, 0) is 12.1 Å². The second-order valence-corrected chi connectivity index (χ2v) is 7.39. The van der Waals surface area contributed by atoms with E-state index in [1.807, 2.05) is 0 Å². The minimum Gasteiger partial charge on any atom is -0.462 e. The van der Waals surface area contributed by atoms with Crippen molar-refractivity contribution in [2.24, 2.45) is 11.1 Å². The van der Waals surface area contributed by atoms with Gasteiger partial charge in [0.1, 0.15) is 0 Å². The van der Waals surface area contributed by atoms with Crippen LogP contribution in [0.4, 0.5) is 5.13 Å². The summed E-state index contributed by atoms with van der Waals surface area (Å²) >= 11 is 1.22. The third kappa shape index (κ3) is 3.12. The summed E-state index contributed by atoms with van der Waals surface area (Å²) < 4.78 is 27.4. The molecule has 0 aromatic carbocycles. The minimum atomic E-state index is -3.59. The summed E-state index contributed by atoms with van der Waals surface area (Å²) in [7, 11) is -3.59. The number of amides is 1. The van der Waals surface area contributed by atoms with Crippen molar-refractivity contribution >= 4 is 32.4 Å². The number of carbonyl (C=O) groups is 1. The maximum Gasteiger partial charge on any atom is 0.229 e. The van der Waals surface area contributed by atoms with Crippen LogP contribution in [0.2, 0.25) is 0 Å². The molecule has 1 aliphatic rings. The van der Waals surface area contributed by atoms with Crippen LogP contribution in [0.1, 0.15) is 6.42 Å². The lowest BCUT2D eigenvalue weighted by atomic mass is 10.1. The molecule has 1 saturated heterocycles. The number of aromatic nitrogens is 2. The molecular formula is C11H12N4O4S2. The number of hydrogen-bond donors (Lipinski definition) is 1. The second-order valence-electron chi connectivity index (χ2n) is 4.77. The fourth-order valence-electron chi connectivity index (χ4n) is 2.23. The molecule has 0 spiro atoms. The van der Waals surface area contributed by atoms with Gasteiger partial charge in [0.05, 0.1) is 12.0 Å². The van der Waals surface area contributed by atoms with E-state index in [-0.39, 0.29) is 30.5 Å². The lowest BCUT2D eigenvalue weighted by Gasteiger charge is -2.11. The van der Waals surface area contributed by atoms with Crippen molar-refractivity contribution in [3.05, 3.63) is 18.4 Å². The summed E-state index contributed by atoms with van der Waals surface area (Å²) in [4.78, 5) is 13.4. The predicted octanol–water partition coefficient (Wildman–Crippen LogP) is 0.440. The third-order valence-corrected chi connectivity index (χ3v) is 4.95. The standard InChI is InChI=1S/C11H12N4O4S2/c12-21(17,18)6-7-4-9(16)15(5-7)11-14-13-10(20-11)8-2-1-3-19-8/h1-3,7H,4-6H2,(H2,12,17,18). The highest BCUT2D eigenvalue weighted by Crippen LogP contribution is 2.32. The highest BCUT2D eigenvalue weighted by atomic mass is 32.2. The van der Waals surface area contributed by atoms with Crippen molar-refractivity contribution in [2.75, 3.05) is 17.2 Å². The van der Waals surface area contributed by atoms with Gasteiger partial charge >= 0.3 is 0 Å². The lowest BCUT2D eigenvalue weighted by molar-refractivity contribution is -0.117. The van der Waals surface area contributed by atoms with E-state index in [0.717, 1.165) is 0 Å². The fourth-order valence-corrected chi connectivity index (χ4v) is 3.95. The number of furan rings is 1. The number of carbonyl (C=O) groups excluding carboxylic acids is 1. The Morgan fingerprint density at radius 1 is 1.48 bits per heavy atom. The van der Waals surface area contributed by atoms with Crippen LogP contribution in [-0.4, -0.2) is 36.8 Å². The van der Waals surface area contributed by atoms with E-state index in [1.54, 1.807) is 12.1 Å². The van der Waals surface area contributed by atoms with Crippen LogP contribution in [0.25, 0.3) is 10.8 Å². The first-order chi connectivity index (χ1) is 9.92. The van der Waals surface area contributed by atoms with Gasteiger partial charge < -0.3 is 4.42 Å². The van der Waals surface area contributed by atoms with Crippen molar-refractivity contribution in [3.63, 3.8) is 0 Å². The molecule has 2 aromatic heterocycles. The Bertz CT molecular complexity index is 753. The Morgan fingerprint density at radius 2 is 2.29 bits per heavy atom. The van der Waals surface area contributed by atoms with E-state index >= 15 is 0 Å². The molecule has 1 aliphatic heterocycles. The summed E-state index contributed by atoms with van der Waals surface area (Å²) in [5.41, 5.74) is 0. The SMILES string of the molecule is NS(=O)(=O)CC1CC(=O)N(c2nnc(-c3ccco3)s2)C1. The average molecular weight is 328 g/mol. The molecule has 21 heavy (non-hydrogen) atoms. The molecule has 1 unspecified atom stereocenters. The Kier molecular flexibility index (Phi) is 3.51. The number of rotatable bonds is 4. The lowest BCUT2D eigenvalue weighted by Crippen LogP contribution is -2.27. The molecule has 0 aliphatic carbocycles. The third-order valence-electron chi connectivity index (χ3n) is 3.05. The molecule has 3 heterocycles. The molecule has 1 amide bonds. The maximum atomic E-state index is 12.0. The van der Waals surface area contributed by atoms with Crippen molar-refractivity contribution in [2.45, 2.75) is 6.42 Å². The molecule has 2 N–H and O–H groups in total. The zero-order valence-electron chi connectivity index (χ0n) is 10.8. The molecule has 1 fully saturated rings. The molecule has 3 rings (SSSR count). The summed E-state index contributed by atoms with van der Waals surface area (Å²) in [6, 6.07) is 3.49. The van der Waals surface area contributed by atoms with Crippen LogP contribution < -0.4 is 10.0 Å². The van der Waals surface area contributed by atoms with Gasteiger partial charge in [0, 0.05) is 18.9 Å². The molecule has 8 nitrogen and oxygen atoms in total. The normalized spacial score (nSPS) is 19.4. The number of sulfonamides is 1. The summed E-state index contributed by atoms with van der Waals surface area (Å²) in [5.74, 6) is -0.125. The highest BCUT2D eigenvalue weighted by molar-refractivity contribution is 7.89. The van der Waals surface area contributed by atoms with Crippen molar-refractivity contribution in [1.29, 1.82) is 0 Å². The van der Waals surface area contributed by atoms with E-state index in [2.05, 4.69) is 10.2 Å². The number of primary sulfonamides is 1. The summed E-state index contributed by atoms with van der Waals surface area (Å²) in [5, 5.41) is 14.0. The second kappa shape index (κ2) is 5.20. The van der Waals surface area contributed by atoms with Crippen LogP contribution in [-0.2, 0) is 14.8 Å². The average Bonchev–Trinajstić information content (AvgIpc) is 3.06. The Hall–Kier alpha value is -1.78. The van der Waals surface area contributed by atoms with E-state index in [0.29, 0.717) is 15.9 Å². The first-order valence-electron chi connectivity index (χ1n) is 6.10. The molecule has 0 radical (unpaired) electrons. The van der Waals surface area contributed by atoms with Crippen molar-refractivity contribution < 1.29 is 17.6 Å². The van der Waals surface area contributed by atoms with E-state index in [4.69, 9.17) is 9.56 Å². The van der Waals surface area contributed by atoms with E-state index < -0.39 is 10.0 Å². The van der Waals surface area contributed by atoms with Crippen LogP contribution in [0.5, 0.6) is 0 Å². The zero-order chi connectivity index (χ0) is 15.0. The van der Waals surface area contributed by atoms with Gasteiger partial charge in [0.25, 0.3) is 0 Å². The van der Waals surface area contributed by atoms with Gasteiger partial charge in [0.15, 0.2) is 10.8 Å². The molecule has 0 saturated carbocycles. The molecule has 2 aromatic rings. The Balaban J connectivity index is 1.77. The number of hydrogen-bond acceptors (Lipinski definition) is 7. The van der Waals surface area contributed by atoms with E-state index in [1.165, 1.54) is 22.5 Å². The number of nitrogens with zero attached hydrogens (tertiary/aromatic N) is 3. The summed E-state index contributed by atoms with van der Waals surface area (Å²) in [6.07, 6.45) is 1.67. The maximum absolute atomic E-state index is 12.0. The Labute approximate surface area is 124 Å². The molecular weight excluding hydrogens is 316 g/mol. The number of anilines is 1. The van der Waals surface area contributed by atoms with Crippen molar-refractivity contribution in [1.82, 2.24) is 10.2 Å². The summed E-state index contributed by atoms with van der Waals surface area (Å²) in [6.45, 7) is 0.280. The van der Waals surface area contributed by atoms with Crippen LogP contribution in [0, 0.1) is 5.92 Å².